The van der Waals surface area contributed by atoms with Gasteiger partial charge < -0.3 is 14.8 Å². The number of nitrogens with one attached hydrogen (secondary N) is 1. The fraction of sp³-hybridized carbons (Fsp3) is 0.714. The van der Waals surface area contributed by atoms with Gasteiger partial charge in [0.25, 0.3) is 0 Å². The van der Waals surface area contributed by atoms with E-state index in [1.54, 1.807) is 0 Å². The predicted octanol–water partition coefficient (Wildman–Crippen LogP) is 2.88. The van der Waals surface area contributed by atoms with Crippen LogP contribution in [0.4, 0.5) is 5.82 Å². The highest BCUT2D eigenvalue weighted by molar-refractivity contribution is 5.36. The van der Waals surface area contributed by atoms with Crippen LogP contribution in [0.2, 0.25) is 0 Å². The number of nitrogens with zero attached hydrogens (tertiary/aromatic N) is 2. The second kappa shape index (κ2) is 9.55. The molecule has 0 aliphatic rings. The van der Waals surface area contributed by atoms with Gasteiger partial charge in [-0.15, -0.1) is 0 Å². The zero-order valence-corrected chi connectivity index (χ0v) is 12.2. The van der Waals surface area contributed by atoms with Gasteiger partial charge in [0, 0.05) is 19.2 Å². The molecule has 1 heterocycles. The second-order valence-corrected chi connectivity index (χ2v) is 4.64. The zero-order chi connectivity index (χ0) is 13.9. The molecule has 0 saturated carbocycles. The number of hydrogen-bond acceptors (Lipinski definition) is 5. The molecule has 0 unspecified atom stereocenters. The lowest BCUT2D eigenvalue weighted by atomic mass is 10.4. The van der Waals surface area contributed by atoms with Crippen LogP contribution in [0.5, 0.6) is 5.88 Å². The van der Waals surface area contributed by atoms with E-state index in [0.29, 0.717) is 12.5 Å². The monoisotopic (exact) mass is 267 g/mol. The summed E-state index contributed by atoms with van der Waals surface area (Å²) in [5, 5.41) is 3.24. The Kier molecular flexibility index (Phi) is 7.89. The molecule has 0 radical (unpaired) electrons. The molecular weight excluding hydrogens is 242 g/mol. The number of anilines is 1. The normalized spacial score (nSPS) is 10.7. The first kappa shape index (κ1) is 15.7. The van der Waals surface area contributed by atoms with Crippen LogP contribution >= 0.6 is 0 Å². The van der Waals surface area contributed by atoms with E-state index < -0.39 is 0 Å². The van der Waals surface area contributed by atoms with Gasteiger partial charge in [-0.3, -0.25) is 0 Å². The Bertz CT molecular complexity index is 345. The average Bonchev–Trinajstić information content (AvgIpc) is 2.39. The summed E-state index contributed by atoms with van der Waals surface area (Å²) in [6.07, 6.45) is 4.92. The number of aromatic nitrogens is 2. The molecule has 5 nitrogen and oxygen atoms in total. The van der Waals surface area contributed by atoms with Gasteiger partial charge in [-0.05, 0) is 26.7 Å². The molecule has 0 aliphatic heterocycles. The lowest BCUT2D eigenvalue weighted by Crippen LogP contribution is -2.10. The summed E-state index contributed by atoms with van der Waals surface area (Å²) in [6.45, 7) is 8.51. The van der Waals surface area contributed by atoms with Crippen LogP contribution in [-0.4, -0.2) is 35.8 Å². The summed E-state index contributed by atoms with van der Waals surface area (Å²) in [7, 11) is 0. The molecule has 108 valence electrons. The molecule has 0 spiro atoms. The number of rotatable bonds is 10. The quantitative estimate of drug-likeness (QED) is 0.661. The first-order valence-corrected chi connectivity index (χ1v) is 7.02. The minimum atomic E-state index is 0.289. The minimum Gasteiger partial charge on any atom is -0.478 e. The topological polar surface area (TPSA) is 56.3 Å². The molecule has 5 heteroatoms. The Hall–Kier alpha value is -1.36. The molecule has 1 aromatic rings. The second-order valence-electron chi connectivity index (χ2n) is 4.64. The Morgan fingerprint density at radius 2 is 2.05 bits per heavy atom. The molecule has 0 fully saturated rings. The van der Waals surface area contributed by atoms with E-state index in [1.807, 2.05) is 19.9 Å². The standard InChI is InChI=1S/C14H25N3O2/c1-4-5-8-19-14-10-13(16-11-17-14)15-7-6-9-18-12(2)3/h10-12H,4-9H2,1-3H3,(H,15,16,17). The third-order valence-electron chi connectivity index (χ3n) is 2.47. The van der Waals surface area contributed by atoms with E-state index in [2.05, 4.69) is 22.2 Å². The average molecular weight is 267 g/mol. The number of unbranched alkanes of at least 4 members (excludes halogenated alkanes) is 1. The van der Waals surface area contributed by atoms with Gasteiger partial charge >= 0.3 is 0 Å². The lowest BCUT2D eigenvalue weighted by molar-refractivity contribution is 0.0787. The van der Waals surface area contributed by atoms with Crippen LogP contribution in [-0.2, 0) is 4.74 Å². The summed E-state index contributed by atoms with van der Waals surface area (Å²) < 4.78 is 11.0. The third kappa shape index (κ3) is 7.62. The number of hydrogen-bond donors (Lipinski definition) is 1. The largest absolute Gasteiger partial charge is 0.478 e. The number of ether oxygens (including phenoxy) is 2. The van der Waals surface area contributed by atoms with Crippen molar-refractivity contribution in [2.45, 2.75) is 46.1 Å². The molecular formula is C14H25N3O2. The fourth-order valence-electron chi connectivity index (χ4n) is 1.44. The molecule has 0 bridgehead atoms. The summed E-state index contributed by atoms with van der Waals surface area (Å²) >= 11 is 0. The van der Waals surface area contributed by atoms with E-state index in [4.69, 9.17) is 9.47 Å². The minimum absolute atomic E-state index is 0.289. The maximum atomic E-state index is 5.53. The fourth-order valence-corrected chi connectivity index (χ4v) is 1.44. The van der Waals surface area contributed by atoms with E-state index in [1.165, 1.54) is 6.33 Å². The summed E-state index contributed by atoms with van der Waals surface area (Å²) in [6, 6.07) is 1.83. The Balaban J connectivity index is 2.23. The van der Waals surface area contributed by atoms with Crippen molar-refractivity contribution in [2.75, 3.05) is 25.1 Å². The first-order valence-electron chi connectivity index (χ1n) is 7.02. The molecule has 1 aromatic heterocycles. The van der Waals surface area contributed by atoms with Crippen LogP contribution in [0, 0.1) is 0 Å². The van der Waals surface area contributed by atoms with Crippen molar-refractivity contribution in [3.8, 4) is 5.88 Å². The Morgan fingerprint density at radius 1 is 1.21 bits per heavy atom. The highest BCUT2D eigenvalue weighted by Gasteiger charge is 1.99. The van der Waals surface area contributed by atoms with Gasteiger partial charge in [0.05, 0.1) is 12.7 Å². The molecule has 1 rings (SSSR count). The van der Waals surface area contributed by atoms with Gasteiger partial charge in [-0.1, -0.05) is 13.3 Å². The van der Waals surface area contributed by atoms with E-state index >= 15 is 0 Å². The smallest absolute Gasteiger partial charge is 0.218 e. The molecule has 0 atom stereocenters. The van der Waals surface area contributed by atoms with Gasteiger partial charge in [-0.2, -0.15) is 0 Å². The third-order valence-corrected chi connectivity index (χ3v) is 2.47. The highest BCUT2D eigenvalue weighted by Crippen LogP contribution is 2.11. The van der Waals surface area contributed by atoms with Gasteiger partial charge in [0.1, 0.15) is 12.1 Å². The van der Waals surface area contributed by atoms with Crippen LogP contribution < -0.4 is 10.1 Å². The maximum absolute atomic E-state index is 5.53. The Labute approximate surface area is 115 Å². The maximum Gasteiger partial charge on any atom is 0.218 e. The van der Waals surface area contributed by atoms with Crippen LogP contribution in [0.15, 0.2) is 12.4 Å². The molecule has 19 heavy (non-hydrogen) atoms. The molecule has 0 saturated heterocycles. The van der Waals surface area contributed by atoms with Crippen molar-refractivity contribution in [3.05, 3.63) is 12.4 Å². The van der Waals surface area contributed by atoms with Crippen molar-refractivity contribution in [2.24, 2.45) is 0 Å². The molecule has 0 aliphatic carbocycles. The van der Waals surface area contributed by atoms with Crippen molar-refractivity contribution in [3.63, 3.8) is 0 Å². The van der Waals surface area contributed by atoms with Crippen molar-refractivity contribution >= 4 is 5.82 Å². The van der Waals surface area contributed by atoms with Crippen molar-refractivity contribution in [1.82, 2.24) is 9.97 Å². The molecule has 0 amide bonds. The van der Waals surface area contributed by atoms with Crippen LogP contribution in [0.25, 0.3) is 0 Å². The van der Waals surface area contributed by atoms with Crippen molar-refractivity contribution < 1.29 is 9.47 Å². The molecule has 0 aromatic carbocycles. The highest BCUT2D eigenvalue weighted by atomic mass is 16.5. The summed E-state index contributed by atoms with van der Waals surface area (Å²) in [5.74, 6) is 1.43. The van der Waals surface area contributed by atoms with E-state index in [0.717, 1.165) is 38.2 Å². The van der Waals surface area contributed by atoms with Gasteiger partial charge in [0.15, 0.2) is 0 Å². The van der Waals surface area contributed by atoms with E-state index in [-0.39, 0.29) is 6.10 Å². The van der Waals surface area contributed by atoms with E-state index in [9.17, 15) is 0 Å². The van der Waals surface area contributed by atoms with Gasteiger partial charge in [0.2, 0.25) is 5.88 Å². The first-order chi connectivity index (χ1) is 9.22. The molecule has 1 N–H and O–H groups in total. The summed E-state index contributed by atoms with van der Waals surface area (Å²) in [4.78, 5) is 8.24. The summed E-state index contributed by atoms with van der Waals surface area (Å²) in [5.41, 5.74) is 0. The van der Waals surface area contributed by atoms with Crippen LogP contribution in [0.1, 0.15) is 40.0 Å². The van der Waals surface area contributed by atoms with Crippen molar-refractivity contribution in [1.29, 1.82) is 0 Å². The zero-order valence-electron chi connectivity index (χ0n) is 12.2. The SMILES string of the molecule is CCCCOc1cc(NCCCOC(C)C)ncn1. The van der Waals surface area contributed by atoms with Crippen LogP contribution in [0.3, 0.4) is 0 Å². The Morgan fingerprint density at radius 3 is 2.79 bits per heavy atom. The van der Waals surface area contributed by atoms with Gasteiger partial charge in [-0.25, -0.2) is 9.97 Å². The lowest BCUT2D eigenvalue weighted by Gasteiger charge is -2.09. The predicted molar refractivity (Wildman–Crippen MR) is 76.6 cm³/mol.